The molecular weight excluding hydrogens is 282 g/mol. The first-order valence-corrected chi connectivity index (χ1v) is 10.5. The second-order valence-corrected chi connectivity index (χ2v) is 7.55. The van der Waals surface area contributed by atoms with E-state index in [1.807, 2.05) is 0 Å². The monoisotopic (exact) mass is 323 g/mol. The Morgan fingerprint density at radius 1 is 0.783 bits per heavy atom. The quantitative estimate of drug-likeness (QED) is 0.338. The fourth-order valence-corrected chi connectivity index (χ4v) is 3.87. The fourth-order valence-electron chi connectivity index (χ4n) is 3.87. The number of ketones is 1. The highest BCUT2D eigenvalue weighted by atomic mass is 16.1. The Hall–Kier alpha value is -0.370. The van der Waals surface area contributed by atoms with Crippen LogP contribution in [0.1, 0.15) is 110 Å². The lowest BCUT2D eigenvalue weighted by atomic mass is 10.0. The Bertz CT molecular complexity index is 284. The van der Waals surface area contributed by atoms with Gasteiger partial charge in [0.2, 0.25) is 0 Å². The molecule has 1 atom stereocenters. The van der Waals surface area contributed by atoms with E-state index in [-0.39, 0.29) is 6.04 Å². The Morgan fingerprint density at radius 3 is 1.65 bits per heavy atom. The summed E-state index contributed by atoms with van der Waals surface area (Å²) in [5.41, 5.74) is 0. The lowest BCUT2D eigenvalue weighted by Crippen LogP contribution is -2.38. The molecule has 1 rings (SSSR count). The second kappa shape index (κ2) is 14.0. The molecule has 23 heavy (non-hydrogen) atoms. The molecule has 1 fully saturated rings. The highest BCUT2D eigenvalue weighted by Gasteiger charge is 2.24. The molecule has 0 aromatic carbocycles. The molecule has 1 unspecified atom stereocenters. The predicted molar refractivity (Wildman–Crippen MR) is 101 cm³/mol. The van der Waals surface area contributed by atoms with E-state index in [0.29, 0.717) is 5.78 Å². The molecule has 2 nitrogen and oxygen atoms in total. The average molecular weight is 324 g/mol. The van der Waals surface area contributed by atoms with Gasteiger partial charge in [-0.1, -0.05) is 84.0 Å². The van der Waals surface area contributed by atoms with E-state index in [9.17, 15) is 4.79 Å². The number of nitrogens with zero attached hydrogens (tertiary/aromatic N) is 1. The van der Waals surface area contributed by atoms with Crippen LogP contribution in [-0.2, 0) is 4.79 Å². The number of hydrogen-bond acceptors (Lipinski definition) is 2. The number of hydrogen-bond donors (Lipinski definition) is 0. The number of carbonyl (C=O) groups excluding carboxylic acids is 1. The fraction of sp³-hybridized carbons (Fsp3) is 0.952. The van der Waals surface area contributed by atoms with Gasteiger partial charge in [0.1, 0.15) is 5.78 Å². The van der Waals surface area contributed by atoms with Gasteiger partial charge in [-0.2, -0.15) is 0 Å². The van der Waals surface area contributed by atoms with Crippen LogP contribution >= 0.6 is 0 Å². The van der Waals surface area contributed by atoms with Crippen LogP contribution < -0.4 is 0 Å². The smallest absolute Gasteiger partial charge is 0.146 e. The van der Waals surface area contributed by atoms with Crippen LogP contribution in [0.5, 0.6) is 0 Å². The van der Waals surface area contributed by atoms with Crippen molar-refractivity contribution in [1.29, 1.82) is 0 Å². The lowest BCUT2D eigenvalue weighted by molar-refractivity contribution is -0.122. The van der Waals surface area contributed by atoms with Crippen LogP contribution in [0.25, 0.3) is 0 Å². The predicted octanol–water partition coefficient (Wildman–Crippen LogP) is 6.13. The third-order valence-corrected chi connectivity index (χ3v) is 5.38. The molecule has 0 aromatic rings. The van der Waals surface area contributed by atoms with Gasteiger partial charge in [0.05, 0.1) is 6.04 Å². The molecule has 0 aliphatic carbocycles. The van der Waals surface area contributed by atoms with Gasteiger partial charge in [-0.25, -0.2) is 0 Å². The van der Waals surface area contributed by atoms with Crippen molar-refractivity contribution in [2.45, 2.75) is 116 Å². The number of carbonyl (C=O) groups is 1. The minimum atomic E-state index is 0.223. The minimum absolute atomic E-state index is 0.223. The molecule has 0 amide bonds. The first-order chi connectivity index (χ1) is 11.3. The maximum atomic E-state index is 11.8. The molecule has 1 aliphatic heterocycles. The Morgan fingerprint density at radius 2 is 1.22 bits per heavy atom. The first-order valence-electron chi connectivity index (χ1n) is 10.5. The van der Waals surface area contributed by atoms with Crippen molar-refractivity contribution in [3.05, 3.63) is 0 Å². The molecule has 2 heteroatoms. The summed E-state index contributed by atoms with van der Waals surface area (Å²) in [5.74, 6) is 0.384. The minimum Gasteiger partial charge on any atom is -0.298 e. The summed E-state index contributed by atoms with van der Waals surface area (Å²) >= 11 is 0. The summed E-state index contributed by atoms with van der Waals surface area (Å²) in [6.45, 7) is 6.35. The van der Waals surface area contributed by atoms with E-state index in [0.717, 1.165) is 19.5 Å². The SMILES string of the molecule is CCCCCCCCCCCCCCC(C(C)=O)N1CCCC1. The molecule has 0 saturated carbocycles. The molecule has 0 aromatic heterocycles. The van der Waals surface area contributed by atoms with E-state index >= 15 is 0 Å². The lowest BCUT2D eigenvalue weighted by Gasteiger charge is -2.25. The van der Waals surface area contributed by atoms with Crippen LogP contribution in [0, 0.1) is 0 Å². The van der Waals surface area contributed by atoms with Crippen molar-refractivity contribution in [2.24, 2.45) is 0 Å². The van der Waals surface area contributed by atoms with Gasteiger partial charge in [0.25, 0.3) is 0 Å². The summed E-state index contributed by atoms with van der Waals surface area (Å²) in [5, 5.41) is 0. The van der Waals surface area contributed by atoms with Gasteiger partial charge in [-0.3, -0.25) is 9.69 Å². The van der Waals surface area contributed by atoms with Crippen molar-refractivity contribution in [2.75, 3.05) is 13.1 Å². The van der Waals surface area contributed by atoms with E-state index in [1.165, 1.54) is 89.9 Å². The summed E-state index contributed by atoms with van der Waals surface area (Å²) in [4.78, 5) is 14.2. The first kappa shape index (κ1) is 20.7. The van der Waals surface area contributed by atoms with E-state index in [4.69, 9.17) is 0 Å². The molecule has 1 heterocycles. The van der Waals surface area contributed by atoms with Gasteiger partial charge in [-0.05, 0) is 39.3 Å². The van der Waals surface area contributed by atoms with E-state index in [1.54, 1.807) is 6.92 Å². The zero-order chi connectivity index (χ0) is 16.8. The van der Waals surface area contributed by atoms with Gasteiger partial charge in [-0.15, -0.1) is 0 Å². The van der Waals surface area contributed by atoms with Gasteiger partial charge in [0.15, 0.2) is 0 Å². The Kier molecular flexibility index (Phi) is 12.6. The average Bonchev–Trinajstić information content (AvgIpc) is 3.05. The normalized spacial score (nSPS) is 16.8. The Labute approximate surface area is 145 Å². The third-order valence-electron chi connectivity index (χ3n) is 5.38. The van der Waals surface area contributed by atoms with Crippen molar-refractivity contribution < 1.29 is 4.79 Å². The highest BCUT2D eigenvalue weighted by Crippen LogP contribution is 2.18. The number of likely N-dealkylation sites (tertiary alicyclic amines) is 1. The van der Waals surface area contributed by atoms with Crippen LogP contribution in [0.4, 0.5) is 0 Å². The van der Waals surface area contributed by atoms with Crippen molar-refractivity contribution in [3.63, 3.8) is 0 Å². The highest BCUT2D eigenvalue weighted by molar-refractivity contribution is 5.81. The second-order valence-electron chi connectivity index (χ2n) is 7.55. The molecule has 1 aliphatic rings. The molecule has 136 valence electrons. The summed E-state index contributed by atoms with van der Waals surface area (Å²) < 4.78 is 0. The standard InChI is InChI=1S/C21H41NO/c1-3-4-5-6-7-8-9-10-11-12-13-14-17-21(20(2)23)22-18-15-16-19-22/h21H,3-19H2,1-2H3. The van der Waals surface area contributed by atoms with Crippen molar-refractivity contribution in [1.82, 2.24) is 4.90 Å². The summed E-state index contributed by atoms with van der Waals surface area (Å²) in [7, 11) is 0. The molecule has 0 bridgehead atoms. The van der Waals surface area contributed by atoms with Crippen LogP contribution in [0.3, 0.4) is 0 Å². The Balaban J connectivity index is 1.89. The van der Waals surface area contributed by atoms with Crippen molar-refractivity contribution in [3.8, 4) is 0 Å². The number of Topliss-reactive ketones (excluding diaryl/α,β-unsaturated/α-hetero) is 1. The number of unbranched alkanes of at least 4 members (excludes halogenated alkanes) is 11. The van der Waals surface area contributed by atoms with Gasteiger partial charge >= 0.3 is 0 Å². The van der Waals surface area contributed by atoms with E-state index < -0.39 is 0 Å². The van der Waals surface area contributed by atoms with Gasteiger partial charge in [0, 0.05) is 0 Å². The molecular formula is C21H41NO. The topological polar surface area (TPSA) is 20.3 Å². The summed E-state index contributed by atoms with van der Waals surface area (Å²) in [6, 6.07) is 0.223. The zero-order valence-corrected chi connectivity index (χ0v) is 16.0. The zero-order valence-electron chi connectivity index (χ0n) is 16.0. The largest absolute Gasteiger partial charge is 0.298 e. The number of rotatable bonds is 15. The van der Waals surface area contributed by atoms with Crippen LogP contribution in [-0.4, -0.2) is 29.8 Å². The molecule has 0 spiro atoms. The molecule has 0 radical (unpaired) electrons. The van der Waals surface area contributed by atoms with Gasteiger partial charge < -0.3 is 0 Å². The maximum Gasteiger partial charge on any atom is 0.146 e. The third kappa shape index (κ3) is 10.2. The molecule has 0 N–H and O–H groups in total. The van der Waals surface area contributed by atoms with Crippen molar-refractivity contribution >= 4 is 5.78 Å². The summed E-state index contributed by atoms with van der Waals surface area (Å²) in [6.07, 6.45) is 20.3. The van der Waals surface area contributed by atoms with Crippen LogP contribution in [0.15, 0.2) is 0 Å². The molecule has 1 saturated heterocycles. The van der Waals surface area contributed by atoms with Crippen LogP contribution in [0.2, 0.25) is 0 Å². The maximum absolute atomic E-state index is 11.8. The van der Waals surface area contributed by atoms with E-state index in [2.05, 4.69) is 11.8 Å².